The first-order valence-electron chi connectivity index (χ1n) is 6.46. The van der Waals surface area contributed by atoms with Gasteiger partial charge in [0.2, 0.25) is 11.8 Å². The second-order valence-electron chi connectivity index (χ2n) is 5.29. The SMILES string of the molecule is CC(=O)N[C@H](C(=O)Nc1cc(C)cc(C)c1)C(C)C. The van der Waals surface area contributed by atoms with Gasteiger partial charge in [0.25, 0.3) is 0 Å². The van der Waals surface area contributed by atoms with Crippen LogP contribution in [0.1, 0.15) is 31.9 Å². The van der Waals surface area contributed by atoms with Crippen LogP contribution < -0.4 is 10.6 Å². The molecule has 0 fully saturated rings. The molecule has 0 aliphatic rings. The van der Waals surface area contributed by atoms with E-state index in [1.54, 1.807) is 0 Å². The van der Waals surface area contributed by atoms with Gasteiger partial charge in [-0.1, -0.05) is 19.9 Å². The topological polar surface area (TPSA) is 58.2 Å². The highest BCUT2D eigenvalue weighted by molar-refractivity contribution is 5.97. The average Bonchev–Trinajstić information content (AvgIpc) is 2.23. The smallest absolute Gasteiger partial charge is 0.247 e. The third kappa shape index (κ3) is 4.73. The minimum absolute atomic E-state index is 0.0369. The monoisotopic (exact) mass is 262 g/mol. The first-order valence-corrected chi connectivity index (χ1v) is 6.46. The van der Waals surface area contributed by atoms with Crippen molar-refractivity contribution in [3.63, 3.8) is 0 Å². The van der Waals surface area contributed by atoms with E-state index in [4.69, 9.17) is 0 Å². The first-order chi connectivity index (χ1) is 8.79. The molecule has 0 bridgehead atoms. The number of anilines is 1. The third-order valence-electron chi connectivity index (χ3n) is 2.80. The number of carbonyl (C=O) groups excluding carboxylic acids is 2. The lowest BCUT2D eigenvalue weighted by atomic mass is 10.0. The number of aryl methyl sites for hydroxylation is 2. The molecule has 1 aromatic carbocycles. The minimum atomic E-state index is -0.515. The second kappa shape index (κ2) is 6.36. The predicted molar refractivity (Wildman–Crippen MR) is 77.0 cm³/mol. The van der Waals surface area contributed by atoms with Crippen LogP contribution in [-0.4, -0.2) is 17.9 Å². The molecule has 0 unspecified atom stereocenters. The molecule has 4 nitrogen and oxygen atoms in total. The maximum atomic E-state index is 12.2. The number of rotatable bonds is 4. The molecule has 104 valence electrons. The van der Waals surface area contributed by atoms with Crippen molar-refractivity contribution < 1.29 is 9.59 Å². The van der Waals surface area contributed by atoms with Crippen LogP contribution in [0.4, 0.5) is 5.69 Å². The van der Waals surface area contributed by atoms with E-state index in [0.29, 0.717) is 0 Å². The molecule has 0 radical (unpaired) electrons. The number of hydrogen-bond donors (Lipinski definition) is 2. The Morgan fingerprint density at radius 1 is 1.05 bits per heavy atom. The van der Waals surface area contributed by atoms with Crippen LogP contribution in [0, 0.1) is 19.8 Å². The summed E-state index contributed by atoms with van der Waals surface area (Å²) in [6.45, 7) is 9.19. The maximum Gasteiger partial charge on any atom is 0.247 e. The van der Waals surface area contributed by atoms with Crippen molar-refractivity contribution in [2.75, 3.05) is 5.32 Å². The van der Waals surface area contributed by atoms with Crippen LogP contribution >= 0.6 is 0 Å². The molecule has 2 N–H and O–H groups in total. The summed E-state index contributed by atoms with van der Waals surface area (Å²) >= 11 is 0. The van der Waals surface area contributed by atoms with Gasteiger partial charge < -0.3 is 10.6 Å². The Hall–Kier alpha value is -1.84. The quantitative estimate of drug-likeness (QED) is 0.875. The summed E-state index contributed by atoms with van der Waals surface area (Å²) in [5, 5.41) is 5.53. The Kier molecular flexibility index (Phi) is 5.10. The average molecular weight is 262 g/mol. The highest BCUT2D eigenvalue weighted by Gasteiger charge is 2.22. The summed E-state index contributed by atoms with van der Waals surface area (Å²) < 4.78 is 0. The minimum Gasteiger partial charge on any atom is -0.344 e. The van der Waals surface area contributed by atoms with E-state index in [0.717, 1.165) is 16.8 Å². The lowest BCUT2D eigenvalue weighted by molar-refractivity contribution is -0.126. The van der Waals surface area contributed by atoms with Gasteiger partial charge in [-0.25, -0.2) is 0 Å². The summed E-state index contributed by atoms with van der Waals surface area (Å²) in [6.07, 6.45) is 0. The first kappa shape index (κ1) is 15.2. The maximum absolute atomic E-state index is 12.2. The van der Waals surface area contributed by atoms with Gasteiger partial charge in [0, 0.05) is 12.6 Å². The van der Waals surface area contributed by atoms with Crippen molar-refractivity contribution in [1.82, 2.24) is 5.32 Å². The van der Waals surface area contributed by atoms with Crippen molar-refractivity contribution in [2.24, 2.45) is 5.92 Å². The normalized spacial score (nSPS) is 12.1. The van der Waals surface area contributed by atoms with E-state index in [9.17, 15) is 9.59 Å². The third-order valence-corrected chi connectivity index (χ3v) is 2.80. The van der Waals surface area contributed by atoms with Crippen molar-refractivity contribution in [3.8, 4) is 0 Å². The Morgan fingerprint density at radius 2 is 1.58 bits per heavy atom. The Labute approximate surface area is 114 Å². The number of benzene rings is 1. The van der Waals surface area contributed by atoms with Gasteiger partial charge in [0.1, 0.15) is 6.04 Å². The lowest BCUT2D eigenvalue weighted by Crippen LogP contribution is -2.46. The molecule has 2 amide bonds. The summed E-state index contributed by atoms with van der Waals surface area (Å²) in [5.41, 5.74) is 2.95. The second-order valence-corrected chi connectivity index (χ2v) is 5.29. The largest absolute Gasteiger partial charge is 0.344 e. The van der Waals surface area contributed by atoms with Gasteiger partial charge in [0.05, 0.1) is 0 Å². The Bertz CT molecular complexity index is 461. The van der Waals surface area contributed by atoms with Crippen LogP contribution in [0.15, 0.2) is 18.2 Å². The zero-order valence-electron chi connectivity index (χ0n) is 12.2. The van der Waals surface area contributed by atoms with Gasteiger partial charge in [-0.05, 0) is 43.0 Å². The van der Waals surface area contributed by atoms with Crippen molar-refractivity contribution in [1.29, 1.82) is 0 Å². The van der Waals surface area contributed by atoms with E-state index >= 15 is 0 Å². The van der Waals surface area contributed by atoms with Crippen molar-refractivity contribution >= 4 is 17.5 Å². The number of amides is 2. The molecule has 1 rings (SSSR count). The highest BCUT2D eigenvalue weighted by atomic mass is 16.2. The van der Waals surface area contributed by atoms with Crippen LogP contribution in [0.25, 0.3) is 0 Å². The molecule has 0 spiro atoms. The number of hydrogen-bond acceptors (Lipinski definition) is 2. The van der Waals surface area contributed by atoms with E-state index in [1.165, 1.54) is 6.92 Å². The molecule has 1 atom stereocenters. The fourth-order valence-electron chi connectivity index (χ4n) is 2.02. The van der Waals surface area contributed by atoms with Gasteiger partial charge in [-0.15, -0.1) is 0 Å². The van der Waals surface area contributed by atoms with E-state index in [1.807, 2.05) is 45.9 Å². The summed E-state index contributed by atoms with van der Waals surface area (Å²) in [5.74, 6) is -0.348. The fraction of sp³-hybridized carbons (Fsp3) is 0.467. The molecule has 4 heteroatoms. The molecule has 0 aromatic heterocycles. The van der Waals surface area contributed by atoms with E-state index in [2.05, 4.69) is 10.6 Å². The molecule has 19 heavy (non-hydrogen) atoms. The van der Waals surface area contributed by atoms with Gasteiger partial charge >= 0.3 is 0 Å². The summed E-state index contributed by atoms with van der Waals surface area (Å²) in [7, 11) is 0. The van der Waals surface area contributed by atoms with Gasteiger partial charge in [0.15, 0.2) is 0 Å². The Morgan fingerprint density at radius 3 is 2.00 bits per heavy atom. The molecule has 0 saturated carbocycles. The van der Waals surface area contributed by atoms with Crippen LogP contribution in [0.2, 0.25) is 0 Å². The summed E-state index contributed by atoms with van der Waals surface area (Å²) in [4.78, 5) is 23.3. The molecule has 0 saturated heterocycles. The molecule has 1 aromatic rings. The van der Waals surface area contributed by atoms with Crippen LogP contribution in [-0.2, 0) is 9.59 Å². The predicted octanol–water partition coefficient (Wildman–Crippen LogP) is 2.40. The molecular weight excluding hydrogens is 240 g/mol. The zero-order chi connectivity index (χ0) is 14.6. The standard InChI is InChI=1S/C15H22N2O2/c1-9(2)14(16-12(5)18)15(19)17-13-7-10(3)6-11(4)8-13/h6-9,14H,1-5H3,(H,16,18)(H,17,19)/t14-/m0/s1. The number of nitrogens with one attached hydrogen (secondary N) is 2. The van der Waals surface area contributed by atoms with Crippen molar-refractivity contribution in [2.45, 2.75) is 40.7 Å². The highest BCUT2D eigenvalue weighted by Crippen LogP contribution is 2.15. The van der Waals surface area contributed by atoms with Gasteiger partial charge in [-0.3, -0.25) is 9.59 Å². The van der Waals surface area contributed by atoms with E-state index in [-0.39, 0.29) is 17.7 Å². The Balaban J connectivity index is 2.83. The molecule has 0 aliphatic carbocycles. The fourth-order valence-corrected chi connectivity index (χ4v) is 2.02. The zero-order valence-corrected chi connectivity index (χ0v) is 12.2. The van der Waals surface area contributed by atoms with Crippen molar-refractivity contribution in [3.05, 3.63) is 29.3 Å². The molecule has 0 heterocycles. The number of carbonyl (C=O) groups is 2. The molecule has 0 aliphatic heterocycles. The van der Waals surface area contributed by atoms with Crippen LogP contribution in [0.3, 0.4) is 0 Å². The molecular formula is C15H22N2O2. The van der Waals surface area contributed by atoms with Gasteiger partial charge in [-0.2, -0.15) is 0 Å². The van der Waals surface area contributed by atoms with Crippen LogP contribution in [0.5, 0.6) is 0 Å². The van der Waals surface area contributed by atoms with E-state index < -0.39 is 6.04 Å². The lowest BCUT2D eigenvalue weighted by Gasteiger charge is -2.21. The summed E-state index contributed by atoms with van der Waals surface area (Å²) in [6, 6.07) is 5.36.